The van der Waals surface area contributed by atoms with Crippen LogP contribution in [-0.2, 0) is 18.4 Å². The molecule has 0 radical (unpaired) electrons. The first kappa shape index (κ1) is 15.2. The van der Waals surface area contributed by atoms with E-state index in [1.165, 1.54) is 19.3 Å². The smallest absolute Gasteiger partial charge is 0.331 e. The number of rotatable bonds is 4. The van der Waals surface area contributed by atoms with E-state index < -0.39 is 28.8 Å². The SMILES string of the molecule is CC(O)C(C)(C)NC(=O)Cn1ccc(=O)n(C)c1=O. The van der Waals surface area contributed by atoms with Crippen LogP contribution in [-0.4, -0.2) is 31.8 Å². The summed E-state index contributed by atoms with van der Waals surface area (Å²) in [5.74, 6) is -0.411. The molecule has 1 heterocycles. The first-order valence-electron chi connectivity index (χ1n) is 5.90. The monoisotopic (exact) mass is 269 g/mol. The number of aromatic nitrogens is 2. The molecular weight excluding hydrogens is 250 g/mol. The Hall–Kier alpha value is -1.89. The second-order valence-electron chi connectivity index (χ2n) is 5.07. The zero-order chi connectivity index (χ0) is 14.8. The minimum atomic E-state index is -0.790. The van der Waals surface area contributed by atoms with Crippen molar-refractivity contribution in [3.63, 3.8) is 0 Å². The van der Waals surface area contributed by atoms with E-state index in [4.69, 9.17) is 0 Å². The summed E-state index contributed by atoms with van der Waals surface area (Å²) in [6, 6.07) is 1.22. The Balaban J connectivity index is 2.88. The lowest BCUT2D eigenvalue weighted by atomic mass is 9.99. The van der Waals surface area contributed by atoms with Gasteiger partial charge in [0.1, 0.15) is 6.54 Å². The third kappa shape index (κ3) is 3.54. The maximum Gasteiger partial charge on any atom is 0.331 e. The summed E-state index contributed by atoms with van der Waals surface area (Å²) in [4.78, 5) is 34.7. The quantitative estimate of drug-likeness (QED) is 0.719. The Bertz CT molecular complexity index is 583. The molecule has 0 aliphatic rings. The van der Waals surface area contributed by atoms with E-state index in [0.717, 1.165) is 9.13 Å². The van der Waals surface area contributed by atoms with Gasteiger partial charge in [-0.3, -0.25) is 18.7 Å². The number of nitrogens with zero attached hydrogens (tertiary/aromatic N) is 2. The molecule has 1 rings (SSSR count). The van der Waals surface area contributed by atoms with Gasteiger partial charge in [0.25, 0.3) is 5.56 Å². The fraction of sp³-hybridized carbons (Fsp3) is 0.583. The molecular formula is C12H19N3O4. The average molecular weight is 269 g/mol. The normalized spacial score (nSPS) is 13.1. The van der Waals surface area contributed by atoms with Crippen LogP contribution in [0.4, 0.5) is 0 Å². The highest BCUT2D eigenvalue weighted by Gasteiger charge is 2.26. The van der Waals surface area contributed by atoms with Gasteiger partial charge in [-0.05, 0) is 20.8 Å². The Kier molecular flexibility index (Phi) is 4.31. The summed E-state index contributed by atoms with van der Waals surface area (Å²) in [6.07, 6.45) is 0.549. The molecule has 1 amide bonds. The molecule has 106 valence electrons. The summed E-state index contributed by atoms with van der Waals surface area (Å²) >= 11 is 0. The van der Waals surface area contributed by atoms with Gasteiger partial charge >= 0.3 is 5.69 Å². The molecule has 1 aromatic heterocycles. The van der Waals surface area contributed by atoms with Crippen molar-refractivity contribution in [1.29, 1.82) is 0 Å². The van der Waals surface area contributed by atoms with Gasteiger partial charge in [0, 0.05) is 19.3 Å². The minimum absolute atomic E-state index is 0.205. The zero-order valence-corrected chi connectivity index (χ0v) is 11.5. The van der Waals surface area contributed by atoms with Crippen molar-refractivity contribution in [2.24, 2.45) is 7.05 Å². The second-order valence-corrected chi connectivity index (χ2v) is 5.07. The lowest BCUT2D eigenvalue weighted by Gasteiger charge is -2.29. The summed E-state index contributed by atoms with van der Waals surface area (Å²) < 4.78 is 2.06. The van der Waals surface area contributed by atoms with E-state index in [9.17, 15) is 19.5 Å². The number of hydrogen-bond acceptors (Lipinski definition) is 4. The van der Waals surface area contributed by atoms with Crippen LogP contribution in [0.1, 0.15) is 20.8 Å². The number of aliphatic hydroxyl groups excluding tert-OH is 1. The number of carbonyl (C=O) groups excluding carboxylic acids is 1. The van der Waals surface area contributed by atoms with Crippen LogP contribution in [0.2, 0.25) is 0 Å². The number of amides is 1. The van der Waals surface area contributed by atoms with Crippen LogP contribution in [0, 0.1) is 0 Å². The highest BCUT2D eigenvalue weighted by molar-refractivity contribution is 5.76. The molecule has 0 bridgehead atoms. The highest BCUT2D eigenvalue weighted by Crippen LogP contribution is 2.07. The number of nitrogens with one attached hydrogen (secondary N) is 1. The standard InChI is InChI=1S/C12H19N3O4/c1-8(16)12(2,3)13-9(17)7-15-6-5-10(18)14(4)11(15)19/h5-6,8,16H,7H2,1-4H3,(H,13,17). The molecule has 1 aromatic rings. The van der Waals surface area contributed by atoms with Gasteiger partial charge in [-0.25, -0.2) is 4.79 Å². The summed E-state index contributed by atoms with van der Waals surface area (Å²) in [7, 11) is 1.35. The van der Waals surface area contributed by atoms with Crippen LogP contribution in [0.5, 0.6) is 0 Å². The van der Waals surface area contributed by atoms with Crippen molar-refractivity contribution in [2.45, 2.75) is 39.0 Å². The van der Waals surface area contributed by atoms with E-state index in [1.54, 1.807) is 20.8 Å². The molecule has 7 heteroatoms. The number of carbonyl (C=O) groups is 1. The minimum Gasteiger partial charge on any atom is -0.391 e. The number of hydrogen-bond donors (Lipinski definition) is 2. The Morgan fingerprint density at radius 2 is 2.05 bits per heavy atom. The molecule has 1 unspecified atom stereocenters. The molecule has 0 fully saturated rings. The Morgan fingerprint density at radius 1 is 1.47 bits per heavy atom. The van der Waals surface area contributed by atoms with E-state index in [1.807, 2.05) is 0 Å². The van der Waals surface area contributed by atoms with E-state index >= 15 is 0 Å². The van der Waals surface area contributed by atoms with Gasteiger partial charge in [-0.2, -0.15) is 0 Å². The molecule has 2 N–H and O–H groups in total. The third-order valence-corrected chi connectivity index (χ3v) is 3.08. The molecule has 0 aliphatic heterocycles. The van der Waals surface area contributed by atoms with Crippen molar-refractivity contribution in [2.75, 3.05) is 0 Å². The van der Waals surface area contributed by atoms with E-state index in [2.05, 4.69) is 5.32 Å². The molecule has 0 aliphatic carbocycles. The van der Waals surface area contributed by atoms with Crippen LogP contribution in [0.3, 0.4) is 0 Å². The molecule has 0 saturated carbocycles. The van der Waals surface area contributed by atoms with E-state index in [0.29, 0.717) is 0 Å². The third-order valence-electron chi connectivity index (χ3n) is 3.08. The topological polar surface area (TPSA) is 93.3 Å². The average Bonchev–Trinajstić information content (AvgIpc) is 2.29. The maximum atomic E-state index is 11.8. The summed E-state index contributed by atoms with van der Waals surface area (Å²) in [6.45, 7) is 4.72. The first-order valence-corrected chi connectivity index (χ1v) is 5.90. The summed E-state index contributed by atoms with van der Waals surface area (Å²) in [5.41, 5.74) is -1.77. The predicted octanol–water partition coefficient (Wildman–Crippen LogP) is -1.18. The van der Waals surface area contributed by atoms with Crippen molar-refractivity contribution in [3.8, 4) is 0 Å². The Morgan fingerprint density at radius 3 is 2.58 bits per heavy atom. The van der Waals surface area contributed by atoms with E-state index in [-0.39, 0.29) is 6.54 Å². The van der Waals surface area contributed by atoms with Gasteiger partial charge in [0.2, 0.25) is 5.91 Å². The van der Waals surface area contributed by atoms with Crippen molar-refractivity contribution in [1.82, 2.24) is 14.5 Å². The van der Waals surface area contributed by atoms with Crippen molar-refractivity contribution < 1.29 is 9.90 Å². The molecule has 0 spiro atoms. The molecule has 19 heavy (non-hydrogen) atoms. The van der Waals surface area contributed by atoms with Gasteiger partial charge in [0.05, 0.1) is 11.6 Å². The van der Waals surface area contributed by atoms with Crippen molar-refractivity contribution >= 4 is 5.91 Å². The van der Waals surface area contributed by atoms with Gasteiger partial charge in [0.15, 0.2) is 0 Å². The Labute approximate surface area is 110 Å². The molecule has 7 nitrogen and oxygen atoms in total. The van der Waals surface area contributed by atoms with Crippen LogP contribution < -0.4 is 16.6 Å². The fourth-order valence-corrected chi connectivity index (χ4v) is 1.39. The predicted molar refractivity (Wildman–Crippen MR) is 69.8 cm³/mol. The molecule has 0 saturated heterocycles. The molecule has 1 atom stereocenters. The lowest BCUT2D eigenvalue weighted by molar-refractivity contribution is -0.124. The largest absolute Gasteiger partial charge is 0.391 e. The maximum absolute atomic E-state index is 11.8. The van der Waals surface area contributed by atoms with Gasteiger partial charge < -0.3 is 10.4 Å². The highest BCUT2D eigenvalue weighted by atomic mass is 16.3. The lowest BCUT2D eigenvalue weighted by Crippen LogP contribution is -2.52. The fourth-order valence-electron chi connectivity index (χ4n) is 1.39. The number of aliphatic hydroxyl groups is 1. The van der Waals surface area contributed by atoms with Gasteiger partial charge in [-0.1, -0.05) is 0 Å². The van der Waals surface area contributed by atoms with Crippen molar-refractivity contribution in [3.05, 3.63) is 33.1 Å². The summed E-state index contributed by atoms with van der Waals surface area (Å²) in [5, 5.41) is 12.1. The first-order chi connectivity index (χ1) is 8.65. The second kappa shape index (κ2) is 5.40. The molecule has 0 aromatic carbocycles. The van der Waals surface area contributed by atoms with Crippen LogP contribution in [0.15, 0.2) is 21.9 Å². The zero-order valence-electron chi connectivity index (χ0n) is 11.5. The van der Waals surface area contributed by atoms with Crippen LogP contribution >= 0.6 is 0 Å². The van der Waals surface area contributed by atoms with Gasteiger partial charge in [-0.15, -0.1) is 0 Å². The van der Waals surface area contributed by atoms with Crippen LogP contribution in [0.25, 0.3) is 0 Å².